The molecule has 0 radical (unpaired) electrons. The topological polar surface area (TPSA) is 15.3 Å². The van der Waals surface area contributed by atoms with Crippen molar-refractivity contribution >= 4 is 15.9 Å². The minimum atomic E-state index is -0.145. The molecule has 1 aromatic rings. The van der Waals surface area contributed by atoms with Crippen molar-refractivity contribution in [3.05, 3.63) is 34.1 Å². The average Bonchev–Trinajstić information content (AvgIpc) is 3.21. The van der Waals surface area contributed by atoms with E-state index in [9.17, 15) is 4.39 Å². The Morgan fingerprint density at radius 3 is 2.67 bits per heavy atom. The molecule has 1 aromatic carbocycles. The highest BCUT2D eigenvalue weighted by Crippen LogP contribution is 2.46. The van der Waals surface area contributed by atoms with Crippen LogP contribution in [0.1, 0.15) is 24.4 Å². The molecular weight excluding hydrogens is 295 g/mol. The van der Waals surface area contributed by atoms with Crippen LogP contribution < -0.4 is 5.32 Å². The van der Waals surface area contributed by atoms with Gasteiger partial charge in [-0.1, -0.05) is 12.1 Å². The van der Waals surface area contributed by atoms with Crippen molar-refractivity contribution in [2.75, 3.05) is 26.2 Å². The Balaban J connectivity index is 1.90. The fraction of sp³-hybridized carbons (Fsp3) is 0.571. The van der Waals surface area contributed by atoms with Gasteiger partial charge in [0.05, 0.1) is 4.47 Å². The molecule has 0 amide bonds. The summed E-state index contributed by atoms with van der Waals surface area (Å²) in [4.78, 5) is 2.51. The molecule has 0 aromatic heterocycles. The molecule has 1 saturated carbocycles. The Labute approximate surface area is 116 Å². The fourth-order valence-corrected chi connectivity index (χ4v) is 3.37. The van der Waals surface area contributed by atoms with Gasteiger partial charge < -0.3 is 5.32 Å². The first-order valence-electron chi connectivity index (χ1n) is 6.66. The first-order chi connectivity index (χ1) is 8.77. The molecule has 0 spiro atoms. The number of halogens is 2. The van der Waals surface area contributed by atoms with E-state index in [0.29, 0.717) is 16.4 Å². The molecule has 0 bridgehead atoms. The van der Waals surface area contributed by atoms with Crippen LogP contribution in [-0.4, -0.2) is 31.1 Å². The lowest BCUT2D eigenvalue weighted by atomic mass is 9.99. The van der Waals surface area contributed by atoms with Gasteiger partial charge in [-0.15, -0.1) is 0 Å². The van der Waals surface area contributed by atoms with Gasteiger partial charge in [0.1, 0.15) is 5.82 Å². The highest BCUT2D eigenvalue weighted by Gasteiger charge is 2.37. The number of nitrogens with zero attached hydrogens (tertiary/aromatic N) is 1. The molecule has 1 atom stereocenters. The Bertz CT molecular complexity index is 428. The van der Waals surface area contributed by atoms with Crippen LogP contribution in [0.2, 0.25) is 0 Å². The standard InChI is InChI=1S/C14H18BrFN2/c15-13-11(2-1-3-12(13)16)14(10-4-5-10)18-8-6-17-7-9-18/h1-3,10,14,17H,4-9H2/t14-/m1/s1. The summed E-state index contributed by atoms with van der Waals surface area (Å²) in [6, 6.07) is 5.80. The van der Waals surface area contributed by atoms with Gasteiger partial charge in [0, 0.05) is 32.2 Å². The zero-order chi connectivity index (χ0) is 12.5. The molecule has 0 unspecified atom stereocenters. The maximum atomic E-state index is 13.7. The van der Waals surface area contributed by atoms with Gasteiger partial charge >= 0.3 is 0 Å². The molecule has 4 heteroatoms. The van der Waals surface area contributed by atoms with E-state index in [0.717, 1.165) is 31.7 Å². The smallest absolute Gasteiger partial charge is 0.137 e. The van der Waals surface area contributed by atoms with Crippen LogP contribution in [0.4, 0.5) is 4.39 Å². The van der Waals surface area contributed by atoms with Crippen molar-refractivity contribution in [3.63, 3.8) is 0 Å². The summed E-state index contributed by atoms with van der Waals surface area (Å²) < 4.78 is 14.4. The molecule has 3 rings (SSSR count). The van der Waals surface area contributed by atoms with E-state index in [4.69, 9.17) is 0 Å². The largest absolute Gasteiger partial charge is 0.314 e. The maximum Gasteiger partial charge on any atom is 0.137 e. The summed E-state index contributed by atoms with van der Waals surface area (Å²) in [5, 5.41) is 3.38. The summed E-state index contributed by atoms with van der Waals surface area (Å²) in [6.07, 6.45) is 2.55. The average molecular weight is 313 g/mol. The first-order valence-corrected chi connectivity index (χ1v) is 7.45. The summed E-state index contributed by atoms with van der Waals surface area (Å²) in [6.45, 7) is 4.19. The van der Waals surface area contributed by atoms with E-state index in [1.165, 1.54) is 18.9 Å². The van der Waals surface area contributed by atoms with Crippen molar-refractivity contribution < 1.29 is 4.39 Å². The first kappa shape index (κ1) is 12.6. The van der Waals surface area contributed by atoms with Gasteiger partial charge in [-0.25, -0.2) is 4.39 Å². The molecule has 2 nitrogen and oxygen atoms in total. The van der Waals surface area contributed by atoms with Crippen LogP contribution in [-0.2, 0) is 0 Å². The second kappa shape index (κ2) is 5.27. The van der Waals surface area contributed by atoms with E-state index in [1.807, 2.05) is 6.07 Å². The molecule has 1 aliphatic heterocycles. The molecule has 2 fully saturated rings. The summed E-state index contributed by atoms with van der Waals surface area (Å²) >= 11 is 3.43. The molecular formula is C14H18BrFN2. The summed E-state index contributed by atoms with van der Waals surface area (Å²) in [5.41, 5.74) is 1.12. The lowest BCUT2D eigenvalue weighted by molar-refractivity contribution is 0.155. The summed E-state index contributed by atoms with van der Waals surface area (Å²) in [7, 11) is 0. The number of rotatable bonds is 3. The maximum absolute atomic E-state index is 13.7. The molecule has 98 valence electrons. The van der Waals surface area contributed by atoms with E-state index < -0.39 is 0 Å². The van der Waals surface area contributed by atoms with E-state index in [2.05, 4.69) is 32.2 Å². The number of benzene rings is 1. The molecule has 1 aliphatic carbocycles. The normalized spacial score (nSPS) is 23.0. The van der Waals surface area contributed by atoms with Crippen LogP contribution in [0.25, 0.3) is 0 Å². The van der Waals surface area contributed by atoms with Crippen LogP contribution in [0.5, 0.6) is 0 Å². The van der Waals surface area contributed by atoms with Crippen molar-refractivity contribution in [1.82, 2.24) is 10.2 Å². The predicted octanol–water partition coefficient (Wildman–Crippen LogP) is 2.94. The van der Waals surface area contributed by atoms with Crippen molar-refractivity contribution in [1.29, 1.82) is 0 Å². The van der Waals surface area contributed by atoms with Gasteiger partial charge in [-0.2, -0.15) is 0 Å². The number of nitrogens with one attached hydrogen (secondary N) is 1. The van der Waals surface area contributed by atoms with Gasteiger partial charge in [-0.05, 0) is 46.3 Å². The van der Waals surface area contributed by atoms with E-state index in [-0.39, 0.29) is 5.82 Å². The molecule has 1 heterocycles. The molecule has 2 aliphatic rings. The van der Waals surface area contributed by atoms with Crippen molar-refractivity contribution in [3.8, 4) is 0 Å². The quantitative estimate of drug-likeness (QED) is 0.923. The second-order valence-corrected chi connectivity index (χ2v) is 6.00. The zero-order valence-corrected chi connectivity index (χ0v) is 11.9. The van der Waals surface area contributed by atoms with Gasteiger partial charge in [-0.3, -0.25) is 4.90 Å². The molecule has 1 N–H and O–H groups in total. The number of piperazine rings is 1. The Hall–Kier alpha value is -0.450. The minimum Gasteiger partial charge on any atom is -0.314 e. The summed E-state index contributed by atoms with van der Waals surface area (Å²) in [5.74, 6) is 0.564. The highest BCUT2D eigenvalue weighted by atomic mass is 79.9. The van der Waals surface area contributed by atoms with E-state index in [1.54, 1.807) is 0 Å². The van der Waals surface area contributed by atoms with Crippen LogP contribution in [0.3, 0.4) is 0 Å². The fourth-order valence-electron chi connectivity index (χ4n) is 2.87. The van der Waals surface area contributed by atoms with Crippen molar-refractivity contribution in [2.24, 2.45) is 5.92 Å². The zero-order valence-electron chi connectivity index (χ0n) is 10.3. The highest BCUT2D eigenvalue weighted by molar-refractivity contribution is 9.10. The van der Waals surface area contributed by atoms with Crippen molar-refractivity contribution in [2.45, 2.75) is 18.9 Å². The number of hydrogen-bond donors (Lipinski definition) is 1. The SMILES string of the molecule is Fc1cccc([C@@H](C2CC2)N2CCNCC2)c1Br. The van der Waals surface area contributed by atoms with E-state index >= 15 is 0 Å². The predicted molar refractivity (Wildman–Crippen MR) is 74.0 cm³/mol. The lowest BCUT2D eigenvalue weighted by Gasteiger charge is -2.36. The minimum absolute atomic E-state index is 0.145. The van der Waals surface area contributed by atoms with Crippen LogP contribution in [0, 0.1) is 11.7 Å². The monoisotopic (exact) mass is 312 g/mol. The Morgan fingerprint density at radius 1 is 1.28 bits per heavy atom. The Kier molecular flexibility index (Phi) is 3.68. The third-order valence-corrected chi connectivity index (χ3v) is 4.75. The van der Waals surface area contributed by atoms with Gasteiger partial charge in [0.25, 0.3) is 0 Å². The molecule has 1 saturated heterocycles. The second-order valence-electron chi connectivity index (χ2n) is 5.21. The third kappa shape index (κ3) is 2.46. The molecule has 18 heavy (non-hydrogen) atoms. The van der Waals surface area contributed by atoms with Gasteiger partial charge in [0.15, 0.2) is 0 Å². The number of hydrogen-bond acceptors (Lipinski definition) is 2. The van der Waals surface area contributed by atoms with Crippen LogP contribution >= 0.6 is 15.9 Å². The van der Waals surface area contributed by atoms with Crippen LogP contribution in [0.15, 0.2) is 22.7 Å². The third-order valence-electron chi connectivity index (χ3n) is 3.91. The lowest BCUT2D eigenvalue weighted by Crippen LogP contribution is -2.45. The Morgan fingerprint density at radius 2 is 2.00 bits per heavy atom. The van der Waals surface area contributed by atoms with Gasteiger partial charge in [0.2, 0.25) is 0 Å².